The third-order valence-electron chi connectivity index (χ3n) is 4.56. The second-order valence-electron chi connectivity index (χ2n) is 6.30. The number of carbonyl (C=O) groups is 1. The van der Waals surface area contributed by atoms with Crippen LogP contribution in [0.25, 0.3) is 0 Å². The van der Waals surface area contributed by atoms with Crippen molar-refractivity contribution in [2.75, 3.05) is 19.6 Å². The van der Waals surface area contributed by atoms with Gasteiger partial charge >= 0.3 is 0 Å². The van der Waals surface area contributed by atoms with Crippen LogP contribution in [-0.4, -0.2) is 48.1 Å². The van der Waals surface area contributed by atoms with E-state index in [2.05, 4.69) is 35.3 Å². The van der Waals surface area contributed by atoms with Gasteiger partial charge in [0.05, 0.1) is 6.54 Å². The van der Waals surface area contributed by atoms with Crippen LogP contribution in [-0.2, 0) is 4.79 Å². The first-order chi connectivity index (χ1) is 9.96. The van der Waals surface area contributed by atoms with Gasteiger partial charge in [-0.3, -0.25) is 9.69 Å². The van der Waals surface area contributed by atoms with Gasteiger partial charge < -0.3 is 10.6 Å². The fourth-order valence-corrected chi connectivity index (χ4v) is 2.81. The molecule has 0 radical (unpaired) electrons. The first-order valence-electron chi connectivity index (χ1n) is 8.22. The fourth-order valence-electron chi connectivity index (χ4n) is 2.81. The maximum Gasteiger partial charge on any atom is 0.235 e. The highest BCUT2D eigenvalue weighted by Gasteiger charge is 2.27. The van der Waals surface area contributed by atoms with Gasteiger partial charge in [-0.1, -0.05) is 19.8 Å². The highest BCUT2D eigenvalue weighted by molar-refractivity contribution is 5.79. The van der Waals surface area contributed by atoms with E-state index >= 15 is 0 Å². The summed E-state index contributed by atoms with van der Waals surface area (Å²) in [6.45, 7) is 10.7. The summed E-state index contributed by atoms with van der Waals surface area (Å²) in [5.41, 5.74) is -0.495. The van der Waals surface area contributed by atoms with Crippen molar-refractivity contribution < 1.29 is 4.79 Å². The third-order valence-corrected chi connectivity index (χ3v) is 4.56. The topological polar surface area (TPSA) is 44.4 Å². The Kier molecular flexibility index (Phi) is 7.21. The van der Waals surface area contributed by atoms with Crippen LogP contribution in [0.5, 0.6) is 0 Å². The number of rotatable bonds is 8. The van der Waals surface area contributed by atoms with Crippen molar-refractivity contribution >= 4 is 5.91 Å². The van der Waals surface area contributed by atoms with Crippen LogP contribution in [0.3, 0.4) is 0 Å². The van der Waals surface area contributed by atoms with E-state index in [9.17, 15) is 4.79 Å². The van der Waals surface area contributed by atoms with Crippen LogP contribution in [0.1, 0.15) is 53.4 Å². The van der Waals surface area contributed by atoms with Crippen molar-refractivity contribution in [2.45, 2.75) is 71.0 Å². The quantitative estimate of drug-likeness (QED) is 0.670. The molecule has 0 saturated carbocycles. The third kappa shape index (κ3) is 5.33. The van der Waals surface area contributed by atoms with Crippen LogP contribution in [0.4, 0.5) is 0 Å². The predicted octanol–water partition coefficient (Wildman–Crippen LogP) is 1.76. The Bertz CT molecular complexity index is 363. The van der Waals surface area contributed by atoms with Crippen LogP contribution >= 0.6 is 0 Å². The minimum Gasteiger partial charge on any atom is -0.339 e. The molecule has 1 fully saturated rings. The molecule has 0 spiro atoms. The lowest BCUT2D eigenvalue weighted by atomic mass is 9.94. The number of carbonyl (C=O) groups excluding carboxylic acids is 1. The van der Waals surface area contributed by atoms with Crippen LogP contribution in [0.15, 0.2) is 0 Å². The molecule has 21 heavy (non-hydrogen) atoms. The molecule has 0 aromatic carbocycles. The van der Waals surface area contributed by atoms with E-state index in [1.807, 2.05) is 13.8 Å². The molecule has 4 nitrogen and oxygen atoms in total. The molecular weight excluding hydrogens is 262 g/mol. The molecule has 1 aliphatic rings. The van der Waals surface area contributed by atoms with Crippen LogP contribution in [0.2, 0.25) is 0 Å². The summed E-state index contributed by atoms with van der Waals surface area (Å²) in [6, 6.07) is 0.858. The summed E-state index contributed by atoms with van der Waals surface area (Å²) < 4.78 is 0. The molecule has 1 saturated heterocycles. The summed E-state index contributed by atoms with van der Waals surface area (Å²) >= 11 is 0. The normalized spacial score (nSPS) is 19.0. The molecule has 1 heterocycles. The molecule has 1 unspecified atom stereocenters. The van der Waals surface area contributed by atoms with Gasteiger partial charge in [0.2, 0.25) is 5.91 Å². The lowest BCUT2D eigenvalue weighted by molar-refractivity contribution is -0.124. The maximum absolute atomic E-state index is 12.4. The van der Waals surface area contributed by atoms with Gasteiger partial charge in [-0.05, 0) is 46.1 Å². The second kappa shape index (κ2) is 8.41. The molecular formula is C17H31N3O. The fraction of sp³-hybridized carbons (Fsp3) is 0.824. The molecule has 0 bridgehead atoms. The molecule has 1 aliphatic heterocycles. The van der Waals surface area contributed by atoms with Crippen molar-refractivity contribution in [3.05, 3.63) is 0 Å². The Labute approximate surface area is 130 Å². The Balaban J connectivity index is 2.57. The second-order valence-corrected chi connectivity index (χ2v) is 6.30. The van der Waals surface area contributed by atoms with Crippen molar-refractivity contribution in [3.63, 3.8) is 0 Å². The highest BCUT2D eigenvalue weighted by atomic mass is 16.2. The Morgan fingerprint density at radius 1 is 1.48 bits per heavy atom. The maximum atomic E-state index is 12.4. The van der Waals surface area contributed by atoms with Crippen molar-refractivity contribution in [2.24, 2.45) is 0 Å². The summed E-state index contributed by atoms with van der Waals surface area (Å²) in [4.78, 5) is 14.6. The summed E-state index contributed by atoms with van der Waals surface area (Å²) in [5, 5.41) is 6.54. The number of amides is 1. The Morgan fingerprint density at radius 2 is 2.14 bits per heavy atom. The van der Waals surface area contributed by atoms with Gasteiger partial charge in [0.25, 0.3) is 0 Å². The van der Waals surface area contributed by atoms with E-state index in [4.69, 9.17) is 6.42 Å². The molecule has 120 valence electrons. The largest absolute Gasteiger partial charge is 0.339 e. The molecule has 1 atom stereocenters. The van der Waals surface area contributed by atoms with Gasteiger partial charge in [-0.25, -0.2) is 0 Å². The molecule has 1 rings (SSSR count). The zero-order chi connectivity index (χ0) is 15.9. The van der Waals surface area contributed by atoms with Gasteiger partial charge in [0, 0.05) is 18.6 Å². The standard InChI is InChI=1S/C17H31N3O/c1-6-17(7-2,8-3)19-16(21)13-20(14(4)5)12-15-10-9-11-18-15/h1,14-15,18H,7-13H2,2-5H3,(H,19,21). The first kappa shape index (κ1) is 18.0. The molecule has 0 aromatic rings. The van der Waals surface area contributed by atoms with Gasteiger partial charge in [-0.15, -0.1) is 6.42 Å². The van der Waals surface area contributed by atoms with Crippen molar-refractivity contribution in [1.82, 2.24) is 15.5 Å². The van der Waals surface area contributed by atoms with E-state index in [0.717, 1.165) is 25.9 Å². The van der Waals surface area contributed by atoms with E-state index < -0.39 is 5.54 Å². The number of terminal acetylenes is 1. The SMILES string of the molecule is C#CC(CC)(CC)NC(=O)CN(CC1CCCN1)C(C)C. The number of nitrogens with zero attached hydrogens (tertiary/aromatic N) is 1. The number of nitrogens with one attached hydrogen (secondary N) is 2. The Morgan fingerprint density at radius 3 is 2.57 bits per heavy atom. The van der Waals surface area contributed by atoms with Crippen LogP contribution in [0, 0.1) is 12.3 Å². The number of hydrogen-bond acceptors (Lipinski definition) is 3. The lowest BCUT2D eigenvalue weighted by Crippen LogP contribution is -2.52. The van der Waals surface area contributed by atoms with Crippen LogP contribution < -0.4 is 10.6 Å². The summed E-state index contributed by atoms with van der Waals surface area (Å²) in [6.07, 6.45) is 9.56. The summed E-state index contributed by atoms with van der Waals surface area (Å²) in [7, 11) is 0. The molecule has 2 N–H and O–H groups in total. The van der Waals surface area contributed by atoms with Crippen molar-refractivity contribution in [1.29, 1.82) is 0 Å². The van der Waals surface area contributed by atoms with Gasteiger partial charge in [0.15, 0.2) is 0 Å². The minimum absolute atomic E-state index is 0.0309. The van der Waals surface area contributed by atoms with E-state index in [1.165, 1.54) is 12.8 Å². The zero-order valence-electron chi connectivity index (χ0n) is 14.0. The van der Waals surface area contributed by atoms with E-state index in [0.29, 0.717) is 18.6 Å². The van der Waals surface area contributed by atoms with Crippen molar-refractivity contribution in [3.8, 4) is 12.3 Å². The minimum atomic E-state index is -0.495. The first-order valence-corrected chi connectivity index (χ1v) is 8.22. The monoisotopic (exact) mass is 293 g/mol. The molecule has 4 heteroatoms. The lowest BCUT2D eigenvalue weighted by Gasteiger charge is -2.32. The van der Waals surface area contributed by atoms with E-state index in [1.54, 1.807) is 0 Å². The van der Waals surface area contributed by atoms with E-state index in [-0.39, 0.29) is 5.91 Å². The highest BCUT2D eigenvalue weighted by Crippen LogP contribution is 2.14. The molecule has 1 amide bonds. The number of hydrogen-bond donors (Lipinski definition) is 2. The average molecular weight is 293 g/mol. The molecule has 0 aromatic heterocycles. The van der Waals surface area contributed by atoms with Gasteiger partial charge in [-0.2, -0.15) is 0 Å². The predicted molar refractivity (Wildman–Crippen MR) is 88.0 cm³/mol. The smallest absolute Gasteiger partial charge is 0.235 e. The summed E-state index contributed by atoms with van der Waals surface area (Å²) in [5.74, 6) is 2.79. The zero-order valence-corrected chi connectivity index (χ0v) is 14.0. The average Bonchev–Trinajstić information content (AvgIpc) is 2.97. The Hall–Kier alpha value is -1.05. The van der Waals surface area contributed by atoms with Gasteiger partial charge in [0.1, 0.15) is 5.54 Å². The molecule has 0 aliphatic carbocycles.